The minimum atomic E-state index is -0.0505. The van der Waals surface area contributed by atoms with Gasteiger partial charge < -0.3 is 11.1 Å². The normalized spacial score (nSPS) is 18.8. The Hall–Kier alpha value is -1.61. The molecule has 0 radical (unpaired) electrons. The van der Waals surface area contributed by atoms with Crippen molar-refractivity contribution in [3.63, 3.8) is 0 Å². The molecule has 0 bridgehead atoms. The van der Waals surface area contributed by atoms with Crippen molar-refractivity contribution in [1.82, 2.24) is 5.32 Å². The third kappa shape index (κ3) is 7.87. The average Bonchev–Trinajstić information content (AvgIpc) is 2.51. The van der Waals surface area contributed by atoms with E-state index in [1.807, 2.05) is 6.92 Å². The summed E-state index contributed by atoms with van der Waals surface area (Å²) in [6.45, 7) is 12.1. The predicted octanol–water partition coefficient (Wildman–Crippen LogP) is 4.82. The first-order valence-electron chi connectivity index (χ1n) is 9.46. The highest BCUT2D eigenvalue weighted by Crippen LogP contribution is 2.40. The van der Waals surface area contributed by atoms with Gasteiger partial charge in [0.15, 0.2) is 0 Å². The van der Waals surface area contributed by atoms with Crippen LogP contribution in [-0.2, 0) is 4.79 Å². The van der Waals surface area contributed by atoms with Crippen molar-refractivity contribution in [2.45, 2.75) is 66.7 Å². The number of rotatable bonds is 8. The fourth-order valence-electron chi connectivity index (χ4n) is 3.36. The fourth-order valence-corrected chi connectivity index (χ4v) is 3.36. The van der Waals surface area contributed by atoms with Crippen molar-refractivity contribution in [3.05, 3.63) is 46.6 Å². The minimum Gasteiger partial charge on any atom is -0.351 e. The zero-order valence-corrected chi connectivity index (χ0v) is 16.7. The van der Waals surface area contributed by atoms with Gasteiger partial charge in [-0.2, -0.15) is 0 Å². The molecule has 1 amide bonds. The van der Waals surface area contributed by atoms with Crippen LogP contribution in [0.1, 0.15) is 66.7 Å². The summed E-state index contributed by atoms with van der Waals surface area (Å²) in [5, 5.41) is 2.76. The standard InChI is InChI=1S/C22H36N2O/c1-17(8-6-9-18(2)16-21(25)24-15-14-23)11-12-20-19(3)10-7-13-22(20,4)5/h8,11-12,16H,6-7,9-10,13-15,23H2,1-5H3,(H,24,25)/b12-11+,17-8+,18-16+. The molecule has 0 saturated carbocycles. The van der Waals surface area contributed by atoms with Gasteiger partial charge in [0.2, 0.25) is 5.91 Å². The molecule has 0 heterocycles. The lowest BCUT2D eigenvalue weighted by molar-refractivity contribution is -0.116. The smallest absolute Gasteiger partial charge is 0.243 e. The quantitative estimate of drug-likeness (QED) is 0.490. The van der Waals surface area contributed by atoms with Gasteiger partial charge in [0.1, 0.15) is 0 Å². The second-order valence-corrected chi connectivity index (χ2v) is 7.82. The van der Waals surface area contributed by atoms with E-state index in [1.54, 1.807) is 6.08 Å². The molecule has 3 nitrogen and oxygen atoms in total. The van der Waals surface area contributed by atoms with Crippen molar-refractivity contribution in [2.75, 3.05) is 13.1 Å². The summed E-state index contributed by atoms with van der Waals surface area (Å²) >= 11 is 0. The van der Waals surface area contributed by atoms with E-state index < -0.39 is 0 Å². The second-order valence-electron chi connectivity index (χ2n) is 7.82. The van der Waals surface area contributed by atoms with Crippen LogP contribution < -0.4 is 11.1 Å². The van der Waals surface area contributed by atoms with E-state index >= 15 is 0 Å². The molecular weight excluding hydrogens is 308 g/mol. The van der Waals surface area contributed by atoms with E-state index in [-0.39, 0.29) is 11.3 Å². The van der Waals surface area contributed by atoms with Crippen molar-refractivity contribution < 1.29 is 4.79 Å². The number of hydrogen-bond acceptors (Lipinski definition) is 2. The molecular formula is C22H36N2O. The van der Waals surface area contributed by atoms with Crippen LogP contribution in [0.25, 0.3) is 0 Å². The Kier molecular flexibility index (Phi) is 8.91. The zero-order valence-electron chi connectivity index (χ0n) is 16.7. The molecule has 0 fully saturated rings. The lowest BCUT2D eigenvalue weighted by Gasteiger charge is -2.32. The van der Waals surface area contributed by atoms with Crippen LogP contribution in [0.2, 0.25) is 0 Å². The summed E-state index contributed by atoms with van der Waals surface area (Å²) < 4.78 is 0. The van der Waals surface area contributed by atoms with E-state index in [4.69, 9.17) is 5.73 Å². The van der Waals surface area contributed by atoms with Crippen LogP contribution in [-0.4, -0.2) is 19.0 Å². The third-order valence-electron chi connectivity index (χ3n) is 4.88. The molecule has 0 saturated heterocycles. The van der Waals surface area contributed by atoms with E-state index in [9.17, 15) is 4.79 Å². The van der Waals surface area contributed by atoms with Gasteiger partial charge in [0.05, 0.1) is 0 Å². The third-order valence-corrected chi connectivity index (χ3v) is 4.88. The SMILES string of the molecule is CC1=C(/C=C/C(C)=C/CC/C(C)=C/C(=O)NCCN)C(C)(C)CCC1. The Morgan fingerprint density at radius 2 is 2.04 bits per heavy atom. The first-order chi connectivity index (χ1) is 11.8. The number of allylic oxidation sites excluding steroid dienone is 7. The van der Waals surface area contributed by atoms with Crippen LogP contribution in [0, 0.1) is 5.41 Å². The average molecular weight is 345 g/mol. The van der Waals surface area contributed by atoms with Crippen molar-refractivity contribution in [3.8, 4) is 0 Å². The molecule has 1 aliphatic carbocycles. The zero-order chi connectivity index (χ0) is 18.9. The molecule has 3 heteroatoms. The number of nitrogens with two attached hydrogens (primary N) is 1. The van der Waals surface area contributed by atoms with E-state index in [1.165, 1.54) is 36.0 Å². The molecule has 140 valence electrons. The highest BCUT2D eigenvalue weighted by atomic mass is 16.1. The molecule has 0 aromatic rings. The van der Waals surface area contributed by atoms with Crippen LogP contribution in [0.3, 0.4) is 0 Å². The van der Waals surface area contributed by atoms with Gasteiger partial charge >= 0.3 is 0 Å². The van der Waals surface area contributed by atoms with Gasteiger partial charge in [0.25, 0.3) is 0 Å². The van der Waals surface area contributed by atoms with Crippen molar-refractivity contribution in [1.29, 1.82) is 0 Å². The number of hydrogen-bond donors (Lipinski definition) is 2. The molecule has 0 aromatic heterocycles. The maximum absolute atomic E-state index is 11.6. The van der Waals surface area contributed by atoms with Crippen LogP contribution in [0.15, 0.2) is 46.6 Å². The number of amides is 1. The molecule has 0 aromatic carbocycles. The summed E-state index contributed by atoms with van der Waals surface area (Å²) in [5.41, 5.74) is 11.1. The lowest BCUT2D eigenvalue weighted by atomic mass is 9.72. The van der Waals surface area contributed by atoms with Gasteiger partial charge in [-0.15, -0.1) is 0 Å². The molecule has 0 atom stereocenters. The Morgan fingerprint density at radius 3 is 2.68 bits per heavy atom. The molecule has 3 N–H and O–H groups in total. The highest BCUT2D eigenvalue weighted by Gasteiger charge is 2.26. The number of nitrogens with one attached hydrogen (secondary N) is 1. The predicted molar refractivity (Wildman–Crippen MR) is 108 cm³/mol. The maximum atomic E-state index is 11.6. The monoisotopic (exact) mass is 344 g/mol. The first-order valence-corrected chi connectivity index (χ1v) is 9.46. The highest BCUT2D eigenvalue weighted by molar-refractivity contribution is 5.88. The van der Waals surface area contributed by atoms with E-state index in [2.05, 4.69) is 51.2 Å². The Morgan fingerprint density at radius 1 is 1.32 bits per heavy atom. The molecule has 25 heavy (non-hydrogen) atoms. The maximum Gasteiger partial charge on any atom is 0.243 e. The fraction of sp³-hybridized carbons (Fsp3) is 0.591. The van der Waals surface area contributed by atoms with Crippen molar-refractivity contribution >= 4 is 5.91 Å². The molecule has 0 unspecified atom stereocenters. The Balaban J connectivity index is 2.56. The van der Waals surface area contributed by atoms with Crippen LogP contribution in [0.4, 0.5) is 0 Å². The lowest BCUT2D eigenvalue weighted by Crippen LogP contribution is -2.27. The topological polar surface area (TPSA) is 55.1 Å². The van der Waals surface area contributed by atoms with Crippen LogP contribution in [0.5, 0.6) is 0 Å². The first kappa shape index (κ1) is 21.4. The summed E-state index contributed by atoms with van der Waals surface area (Å²) in [5.74, 6) is -0.0505. The summed E-state index contributed by atoms with van der Waals surface area (Å²) in [6.07, 6.45) is 14.1. The van der Waals surface area contributed by atoms with E-state index in [0.717, 1.165) is 18.4 Å². The van der Waals surface area contributed by atoms with Gasteiger partial charge in [-0.3, -0.25) is 4.79 Å². The minimum absolute atomic E-state index is 0.0505. The van der Waals surface area contributed by atoms with Gasteiger partial charge in [-0.1, -0.05) is 48.8 Å². The Labute approximate surface area is 154 Å². The number of carbonyl (C=O) groups is 1. The molecule has 1 rings (SSSR count). The Bertz CT molecular complexity index is 577. The van der Waals surface area contributed by atoms with Crippen LogP contribution >= 0.6 is 0 Å². The van der Waals surface area contributed by atoms with Gasteiger partial charge in [-0.25, -0.2) is 0 Å². The largest absolute Gasteiger partial charge is 0.351 e. The summed E-state index contributed by atoms with van der Waals surface area (Å²) in [7, 11) is 0. The number of carbonyl (C=O) groups excluding carboxylic acids is 1. The van der Waals surface area contributed by atoms with E-state index in [0.29, 0.717) is 13.1 Å². The summed E-state index contributed by atoms with van der Waals surface area (Å²) in [6, 6.07) is 0. The van der Waals surface area contributed by atoms with Crippen molar-refractivity contribution in [2.24, 2.45) is 11.1 Å². The second kappa shape index (κ2) is 10.4. The molecule has 0 spiro atoms. The van der Waals surface area contributed by atoms with Gasteiger partial charge in [0, 0.05) is 19.2 Å². The van der Waals surface area contributed by atoms with Gasteiger partial charge in [-0.05, 0) is 63.9 Å². The molecule has 1 aliphatic rings. The summed E-state index contributed by atoms with van der Waals surface area (Å²) in [4.78, 5) is 11.6. The molecule has 0 aliphatic heterocycles.